The smallest absolute Gasteiger partial charge is 0.246 e. The van der Waals surface area contributed by atoms with Crippen LogP contribution in [0.2, 0.25) is 0 Å². The molecule has 2 aliphatic heterocycles. The van der Waals surface area contributed by atoms with Crippen molar-refractivity contribution in [3.63, 3.8) is 0 Å². The van der Waals surface area contributed by atoms with E-state index in [0.717, 1.165) is 25.8 Å². The number of fused-ring (bicyclic) bond motifs is 1. The zero-order valence-electron chi connectivity index (χ0n) is 10.4. The minimum absolute atomic E-state index is 0.135. The lowest BCUT2D eigenvalue weighted by Gasteiger charge is -2.40. The normalized spacial score (nSPS) is 37.8. The quantitative estimate of drug-likeness (QED) is 0.681. The molecule has 3 unspecified atom stereocenters. The van der Waals surface area contributed by atoms with Gasteiger partial charge in [0.05, 0.1) is 0 Å². The minimum Gasteiger partial charge on any atom is -0.329 e. The molecule has 2 heterocycles. The Bertz CT molecular complexity index is 355. The molecule has 0 aromatic rings. The fourth-order valence-corrected chi connectivity index (χ4v) is 3.70. The number of piperazine rings is 1. The van der Waals surface area contributed by atoms with Crippen LogP contribution in [0.15, 0.2) is 0 Å². The zero-order valence-corrected chi connectivity index (χ0v) is 10.4. The summed E-state index contributed by atoms with van der Waals surface area (Å²) >= 11 is 0. The summed E-state index contributed by atoms with van der Waals surface area (Å²) in [5.74, 6) is 0.923. The van der Waals surface area contributed by atoms with Gasteiger partial charge in [-0.25, -0.2) is 0 Å². The Morgan fingerprint density at radius 2 is 1.88 bits per heavy atom. The van der Waals surface area contributed by atoms with Crippen LogP contribution in [0.25, 0.3) is 0 Å². The molecular formula is C13H20N2O2. The van der Waals surface area contributed by atoms with Crippen molar-refractivity contribution >= 4 is 11.8 Å². The van der Waals surface area contributed by atoms with Gasteiger partial charge < -0.3 is 9.80 Å². The van der Waals surface area contributed by atoms with Gasteiger partial charge in [-0.05, 0) is 31.6 Å². The summed E-state index contributed by atoms with van der Waals surface area (Å²) < 4.78 is 0. The molecule has 3 atom stereocenters. The van der Waals surface area contributed by atoms with Gasteiger partial charge in [0.1, 0.15) is 12.6 Å². The van der Waals surface area contributed by atoms with Gasteiger partial charge >= 0.3 is 0 Å². The van der Waals surface area contributed by atoms with Crippen molar-refractivity contribution in [3.8, 4) is 0 Å². The second-order valence-corrected chi connectivity index (χ2v) is 5.69. The number of hydrogen-bond acceptors (Lipinski definition) is 2. The fraction of sp³-hybridized carbons (Fsp3) is 0.846. The van der Waals surface area contributed by atoms with E-state index in [9.17, 15) is 9.59 Å². The van der Waals surface area contributed by atoms with Gasteiger partial charge in [-0.1, -0.05) is 13.3 Å². The highest BCUT2D eigenvalue weighted by Gasteiger charge is 2.45. The molecule has 0 aromatic heterocycles. The van der Waals surface area contributed by atoms with E-state index in [1.54, 1.807) is 4.90 Å². The maximum absolute atomic E-state index is 12.4. The first-order valence-corrected chi connectivity index (χ1v) is 6.78. The van der Waals surface area contributed by atoms with Gasteiger partial charge in [0.15, 0.2) is 0 Å². The van der Waals surface area contributed by atoms with Crippen molar-refractivity contribution in [2.45, 2.75) is 51.1 Å². The van der Waals surface area contributed by atoms with E-state index in [0.29, 0.717) is 18.5 Å². The van der Waals surface area contributed by atoms with Gasteiger partial charge in [-0.3, -0.25) is 9.59 Å². The first kappa shape index (κ1) is 11.1. The van der Waals surface area contributed by atoms with Crippen LogP contribution in [0.4, 0.5) is 0 Å². The molecule has 0 spiro atoms. The Morgan fingerprint density at radius 1 is 1.06 bits per heavy atom. The highest BCUT2D eigenvalue weighted by atomic mass is 16.2. The molecule has 4 nitrogen and oxygen atoms in total. The third-order valence-electron chi connectivity index (χ3n) is 4.66. The minimum atomic E-state index is -0.135. The number of carbonyl (C=O) groups is 2. The summed E-state index contributed by atoms with van der Waals surface area (Å²) in [6, 6.07) is 0.179. The average Bonchev–Trinajstić information content (AvgIpc) is 2.92. The Morgan fingerprint density at radius 3 is 2.59 bits per heavy atom. The van der Waals surface area contributed by atoms with E-state index in [4.69, 9.17) is 0 Å². The molecule has 3 aliphatic rings. The van der Waals surface area contributed by atoms with Gasteiger partial charge in [-0.2, -0.15) is 0 Å². The molecule has 2 amide bonds. The van der Waals surface area contributed by atoms with E-state index in [1.807, 2.05) is 4.90 Å². The molecular weight excluding hydrogens is 216 g/mol. The van der Waals surface area contributed by atoms with Gasteiger partial charge in [0.2, 0.25) is 11.8 Å². The topological polar surface area (TPSA) is 40.6 Å². The monoisotopic (exact) mass is 236 g/mol. The molecule has 2 saturated heterocycles. The molecule has 1 saturated carbocycles. The molecule has 94 valence electrons. The van der Waals surface area contributed by atoms with E-state index < -0.39 is 0 Å². The summed E-state index contributed by atoms with van der Waals surface area (Å²) in [6.07, 6.45) is 5.31. The van der Waals surface area contributed by atoms with Crippen LogP contribution in [0.5, 0.6) is 0 Å². The zero-order chi connectivity index (χ0) is 12.0. The Kier molecular flexibility index (Phi) is 2.60. The van der Waals surface area contributed by atoms with E-state index in [2.05, 4.69) is 6.92 Å². The summed E-state index contributed by atoms with van der Waals surface area (Å²) in [5, 5.41) is 0. The summed E-state index contributed by atoms with van der Waals surface area (Å²) in [7, 11) is 0. The number of amides is 2. The second-order valence-electron chi connectivity index (χ2n) is 5.69. The van der Waals surface area contributed by atoms with E-state index in [-0.39, 0.29) is 17.9 Å². The SMILES string of the molecule is CC1CCCC1N1CC(=O)N2CCCC2C1=O. The van der Waals surface area contributed by atoms with Gasteiger partial charge in [0, 0.05) is 12.6 Å². The molecule has 0 aromatic carbocycles. The van der Waals surface area contributed by atoms with Crippen LogP contribution >= 0.6 is 0 Å². The Hall–Kier alpha value is -1.06. The molecule has 1 aliphatic carbocycles. The number of hydrogen-bond donors (Lipinski definition) is 0. The van der Waals surface area contributed by atoms with Crippen molar-refractivity contribution in [2.24, 2.45) is 5.92 Å². The first-order valence-electron chi connectivity index (χ1n) is 6.78. The van der Waals surface area contributed by atoms with Crippen molar-refractivity contribution in [3.05, 3.63) is 0 Å². The lowest BCUT2D eigenvalue weighted by Crippen LogP contribution is -2.60. The molecule has 0 N–H and O–H groups in total. The first-order chi connectivity index (χ1) is 8.18. The van der Waals surface area contributed by atoms with E-state index >= 15 is 0 Å². The van der Waals surface area contributed by atoms with Crippen molar-refractivity contribution in [1.82, 2.24) is 9.80 Å². The predicted octanol–water partition coefficient (Wildman–Crippen LogP) is 1.01. The van der Waals surface area contributed by atoms with Crippen LogP contribution in [-0.4, -0.2) is 46.8 Å². The Balaban J connectivity index is 1.81. The van der Waals surface area contributed by atoms with Crippen molar-refractivity contribution < 1.29 is 9.59 Å². The lowest BCUT2D eigenvalue weighted by molar-refractivity contribution is -0.156. The van der Waals surface area contributed by atoms with Crippen LogP contribution in [-0.2, 0) is 9.59 Å². The summed E-state index contributed by atoms with van der Waals surface area (Å²) in [4.78, 5) is 28.1. The average molecular weight is 236 g/mol. The maximum atomic E-state index is 12.4. The van der Waals surface area contributed by atoms with Gasteiger partial charge in [0.25, 0.3) is 0 Å². The molecule has 0 bridgehead atoms. The third-order valence-corrected chi connectivity index (χ3v) is 4.66. The van der Waals surface area contributed by atoms with Crippen molar-refractivity contribution in [2.75, 3.05) is 13.1 Å². The van der Waals surface area contributed by atoms with Crippen LogP contribution in [0.1, 0.15) is 39.0 Å². The van der Waals surface area contributed by atoms with Crippen molar-refractivity contribution in [1.29, 1.82) is 0 Å². The largest absolute Gasteiger partial charge is 0.329 e. The predicted molar refractivity (Wildman–Crippen MR) is 63.3 cm³/mol. The molecule has 0 radical (unpaired) electrons. The van der Waals surface area contributed by atoms with Crippen LogP contribution in [0.3, 0.4) is 0 Å². The maximum Gasteiger partial charge on any atom is 0.246 e. The lowest BCUT2D eigenvalue weighted by atomic mass is 10.0. The fourth-order valence-electron chi connectivity index (χ4n) is 3.70. The van der Waals surface area contributed by atoms with Crippen LogP contribution < -0.4 is 0 Å². The molecule has 4 heteroatoms. The second kappa shape index (κ2) is 4.00. The number of carbonyl (C=O) groups excluding carboxylic acids is 2. The highest BCUT2D eigenvalue weighted by Crippen LogP contribution is 2.33. The highest BCUT2D eigenvalue weighted by molar-refractivity contribution is 5.95. The van der Waals surface area contributed by atoms with Gasteiger partial charge in [-0.15, -0.1) is 0 Å². The summed E-state index contributed by atoms with van der Waals surface area (Å²) in [5.41, 5.74) is 0. The standard InChI is InChI=1S/C13H20N2O2/c1-9-4-2-5-10(9)15-8-12(16)14-7-3-6-11(14)13(15)17/h9-11H,2-8H2,1H3. The molecule has 3 rings (SSSR count). The third kappa shape index (κ3) is 1.65. The van der Waals surface area contributed by atoms with E-state index in [1.165, 1.54) is 12.8 Å². The number of rotatable bonds is 1. The molecule has 3 fully saturated rings. The molecule has 17 heavy (non-hydrogen) atoms. The number of nitrogens with zero attached hydrogens (tertiary/aromatic N) is 2. The van der Waals surface area contributed by atoms with Crippen LogP contribution in [0, 0.1) is 5.92 Å². The summed E-state index contributed by atoms with van der Waals surface area (Å²) in [6.45, 7) is 3.31. The Labute approximate surface area is 102 Å².